The number of aryl methyl sites for hydroxylation is 1. The minimum atomic E-state index is 0.328. The topological polar surface area (TPSA) is 34.1 Å². The monoisotopic (exact) mass is 228 g/mol. The third-order valence-electron chi connectivity index (χ3n) is 2.05. The van der Waals surface area contributed by atoms with Crippen molar-refractivity contribution in [1.82, 2.24) is 10.3 Å². The predicted molar refractivity (Wildman–Crippen MR) is 64.4 cm³/mol. The summed E-state index contributed by atoms with van der Waals surface area (Å²) >= 11 is 1.71. The fraction of sp³-hybridized carbons (Fsp3) is 0.727. The number of thiazole rings is 1. The van der Waals surface area contributed by atoms with Crippen LogP contribution in [0.1, 0.15) is 37.0 Å². The summed E-state index contributed by atoms with van der Waals surface area (Å²) in [6.07, 6.45) is 1.08. The molecule has 0 saturated heterocycles. The second-order valence-electron chi connectivity index (χ2n) is 3.62. The first-order chi connectivity index (χ1) is 7.24. The highest BCUT2D eigenvalue weighted by molar-refractivity contribution is 7.09. The van der Waals surface area contributed by atoms with Gasteiger partial charge in [-0.15, -0.1) is 11.3 Å². The van der Waals surface area contributed by atoms with Crippen LogP contribution in [0.5, 0.6) is 0 Å². The zero-order valence-electron chi connectivity index (χ0n) is 9.75. The molecule has 0 bridgehead atoms. The van der Waals surface area contributed by atoms with Gasteiger partial charge >= 0.3 is 0 Å². The molecule has 1 N–H and O–H groups in total. The summed E-state index contributed by atoms with van der Waals surface area (Å²) in [6, 6.07) is 0.328. The van der Waals surface area contributed by atoms with Gasteiger partial charge < -0.3 is 10.1 Å². The van der Waals surface area contributed by atoms with Crippen molar-refractivity contribution in [3.63, 3.8) is 0 Å². The van der Waals surface area contributed by atoms with E-state index in [-0.39, 0.29) is 0 Å². The van der Waals surface area contributed by atoms with Gasteiger partial charge in [-0.1, -0.05) is 6.92 Å². The molecule has 1 unspecified atom stereocenters. The lowest BCUT2D eigenvalue weighted by Gasteiger charge is -2.10. The van der Waals surface area contributed by atoms with Gasteiger partial charge in [0.15, 0.2) is 0 Å². The van der Waals surface area contributed by atoms with E-state index in [1.165, 1.54) is 0 Å². The van der Waals surface area contributed by atoms with Gasteiger partial charge in [0.25, 0.3) is 0 Å². The fourth-order valence-electron chi connectivity index (χ4n) is 1.25. The van der Waals surface area contributed by atoms with E-state index in [1.807, 2.05) is 6.92 Å². The minimum Gasteiger partial charge on any atom is -0.380 e. The molecule has 0 fully saturated rings. The van der Waals surface area contributed by atoms with Crippen LogP contribution < -0.4 is 5.32 Å². The lowest BCUT2D eigenvalue weighted by atomic mass is 10.3. The summed E-state index contributed by atoms with van der Waals surface area (Å²) in [6.45, 7) is 8.80. The molecular weight excluding hydrogens is 208 g/mol. The Hall–Kier alpha value is -0.450. The molecule has 1 aromatic rings. The molecule has 0 aliphatic rings. The van der Waals surface area contributed by atoms with Crippen molar-refractivity contribution in [2.24, 2.45) is 0 Å². The predicted octanol–water partition coefficient (Wildman–Crippen LogP) is 2.53. The molecule has 0 amide bonds. The molecule has 0 spiro atoms. The molecule has 1 aromatic heterocycles. The zero-order valence-corrected chi connectivity index (χ0v) is 10.6. The largest absolute Gasteiger partial charge is 0.380 e. The normalized spacial score (nSPS) is 13.0. The second-order valence-corrected chi connectivity index (χ2v) is 4.50. The lowest BCUT2D eigenvalue weighted by molar-refractivity contribution is 0.135. The van der Waals surface area contributed by atoms with Gasteiger partial charge in [0, 0.05) is 24.2 Å². The Morgan fingerprint density at radius 1 is 1.53 bits per heavy atom. The van der Waals surface area contributed by atoms with Gasteiger partial charge in [-0.2, -0.15) is 0 Å². The average molecular weight is 228 g/mol. The van der Waals surface area contributed by atoms with Crippen LogP contribution in [0.2, 0.25) is 0 Å². The van der Waals surface area contributed by atoms with Crippen molar-refractivity contribution in [1.29, 1.82) is 0 Å². The Labute approximate surface area is 95.9 Å². The highest BCUT2D eigenvalue weighted by atomic mass is 32.1. The average Bonchev–Trinajstić information content (AvgIpc) is 2.64. The van der Waals surface area contributed by atoms with Gasteiger partial charge in [-0.05, 0) is 20.3 Å². The van der Waals surface area contributed by atoms with Crippen LogP contribution in [0.4, 0.5) is 0 Å². The highest BCUT2D eigenvalue weighted by Crippen LogP contribution is 2.16. The van der Waals surface area contributed by atoms with Crippen molar-refractivity contribution >= 4 is 11.3 Å². The number of rotatable bonds is 7. The first-order valence-electron chi connectivity index (χ1n) is 5.47. The smallest absolute Gasteiger partial charge is 0.110 e. The van der Waals surface area contributed by atoms with E-state index in [0.717, 1.165) is 36.9 Å². The van der Waals surface area contributed by atoms with Gasteiger partial charge in [0.1, 0.15) is 5.01 Å². The van der Waals surface area contributed by atoms with Crippen LogP contribution >= 0.6 is 11.3 Å². The molecule has 1 atom stereocenters. The van der Waals surface area contributed by atoms with E-state index in [2.05, 4.69) is 29.5 Å². The summed E-state index contributed by atoms with van der Waals surface area (Å²) in [5, 5.41) is 6.63. The molecule has 15 heavy (non-hydrogen) atoms. The Balaban J connectivity index is 2.16. The Morgan fingerprint density at radius 3 is 2.93 bits per heavy atom. The van der Waals surface area contributed by atoms with E-state index in [9.17, 15) is 0 Å². The zero-order chi connectivity index (χ0) is 11.1. The summed E-state index contributed by atoms with van der Waals surface area (Å²) in [4.78, 5) is 4.44. The van der Waals surface area contributed by atoms with Crippen molar-refractivity contribution in [2.45, 2.75) is 33.2 Å². The molecule has 0 radical (unpaired) electrons. The number of ether oxygens (including phenoxy) is 1. The minimum absolute atomic E-state index is 0.328. The second kappa shape index (κ2) is 6.93. The SMILES string of the molecule is CCCOCCNC(C)c1nc(C)cs1. The molecule has 0 aliphatic heterocycles. The molecular formula is C11H20N2OS. The Bertz CT molecular complexity index is 275. The summed E-state index contributed by atoms with van der Waals surface area (Å²) in [7, 11) is 0. The lowest BCUT2D eigenvalue weighted by Crippen LogP contribution is -2.23. The standard InChI is InChI=1S/C11H20N2OS/c1-4-6-14-7-5-12-10(3)11-13-9(2)8-15-11/h8,10,12H,4-7H2,1-3H3. The first kappa shape index (κ1) is 12.6. The van der Waals surface area contributed by atoms with Crippen LogP contribution in [0.3, 0.4) is 0 Å². The van der Waals surface area contributed by atoms with E-state index >= 15 is 0 Å². The van der Waals surface area contributed by atoms with Crippen LogP contribution in [0.25, 0.3) is 0 Å². The van der Waals surface area contributed by atoms with Crippen molar-refractivity contribution in [3.05, 3.63) is 16.1 Å². The summed E-state index contributed by atoms with van der Waals surface area (Å²) < 4.78 is 5.39. The molecule has 1 rings (SSSR count). The first-order valence-corrected chi connectivity index (χ1v) is 6.35. The van der Waals surface area contributed by atoms with Crippen LogP contribution in [0.15, 0.2) is 5.38 Å². The fourth-order valence-corrected chi connectivity index (χ4v) is 2.08. The van der Waals surface area contributed by atoms with Crippen LogP contribution in [0, 0.1) is 6.92 Å². The third-order valence-corrected chi connectivity index (χ3v) is 3.20. The third kappa shape index (κ3) is 4.73. The van der Waals surface area contributed by atoms with Crippen LogP contribution in [-0.2, 0) is 4.74 Å². The maximum atomic E-state index is 5.39. The van der Waals surface area contributed by atoms with E-state index < -0.39 is 0 Å². The van der Waals surface area contributed by atoms with E-state index in [0.29, 0.717) is 6.04 Å². The van der Waals surface area contributed by atoms with Gasteiger partial charge in [0.2, 0.25) is 0 Å². The van der Waals surface area contributed by atoms with Gasteiger partial charge in [-0.25, -0.2) is 4.98 Å². The van der Waals surface area contributed by atoms with Crippen molar-refractivity contribution < 1.29 is 4.74 Å². The number of nitrogens with zero attached hydrogens (tertiary/aromatic N) is 1. The molecule has 86 valence electrons. The molecule has 4 heteroatoms. The molecule has 1 heterocycles. The van der Waals surface area contributed by atoms with Gasteiger partial charge in [0.05, 0.1) is 12.6 Å². The maximum absolute atomic E-state index is 5.39. The van der Waals surface area contributed by atoms with Gasteiger partial charge in [-0.3, -0.25) is 0 Å². The Kier molecular flexibility index (Phi) is 5.83. The number of hydrogen-bond acceptors (Lipinski definition) is 4. The summed E-state index contributed by atoms with van der Waals surface area (Å²) in [5.74, 6) is 0. The quantitative estimate of drug-likeness (QED) is 0.728. The summed E-state index contributed by atoms with van der Waals surface area (Å²) in [5.41, 5.74) is 1.10. The van der Waals surface area contributed by atoms with Crippen molar-refractivity contribution in [2.75, 3.05) is 19.8 Å². The molecule has 0 saturated carbocycles. The van der Waals surface area contributed by atoms with Crippen LogP contribution in [-0.4, -0.2) is 24.7 Å². The number of hydrogen-bond donors (Lipinski definition) is 1. The number of nitrogens with one attached hydrogen (secondary N) is 1. The molecule has 0 aliphatic carbocycles. The van der Waals surface area contributed by atoms with E-state index in [1.54, 1.807) is 11.3 Å². The maximum Gasteiger partial charge on any atom is 0.110 e. The number of aromatic nitrogens is 1. The van der Waals surface area contributed by atoms with Crippen molar-refractivity contribution in [3.8, 4) is 0 Å². The van der Waals surface area contributed by atoms with E-state index in [4.69, 9.17) is 4.74 Å². The molecule has 0 aromatic carbocycles. The highest BCUT2D eigenvalue weighted by Gasteiger charge is 2.07. The molecule has 3 nitrogen and oxygen atoms in total. The Morgan fingerprint density at radius 2 is 2.33 bits per heavy atom.